The third-order valence-corrected chi connectivity index (χ3v) is 15.4. The zero-order valence-electron chi connectivity index (χ0n) is 51.3. The number of carbonyl (C=O) groups is 8. The molecular weight excluding hydrogens is 1050 g/mol. The summed E-state index contributed by atoms with van der Waals surface area (Å²) >= 11 is 0. The molecule has 2 aromatic carbocycles. The maximum atomic E-state index is 15.0. The molecule has 20 heteroatoms. The van der Waals surface area contributed by atoms with Crippen molar-refractivity contribution in [1.82, 2.24) is 29.4 Å². The van der Waals surface area contributed by atoms with E-state index in [-0.39, 0.29) is 62.2 Å². The number of nitrogens with zero attached hydrogens (tertiary/aromatic N) is 6. The fourth-order valence-electron chi connectivity index (χ4n) is 10.5. The molecule has 3 aliphatic heterocycles. The molecule has 8 atom stereocenters. The van der Waals surface area contributed by atoms with Crippen molar-refractivity contribution in [2.24, 2.45) is 23.7 Å². The van der Waals surface area contributed by atoms with Crippen LogP contribution in [0.25, 0.3) is 0 Å². The first-order chi connectivity index (χ1) is 38.7. The van der Waals surface area contributed by atoms with Gasteiger partial charge in [-0.25, -0.2) is 19.2 Å². The number of cyclic esters (lactones) is 4. The van der Waals surface area contributed by atoms with Gasteiger partial charge >= 0.3 is 23.9 Å². The van der Waals surface area contributed by atoms with Crippen molar-refractivity contribution in [3.63, 3.8) is 0 Å². The number of rotatable bonds is 16. The second-order valence-corrected chi connectivity index (χ2v) is 24.2. The minimum absolute atomic E-state index is 0.0966. The Morgan fingerprint density at radius 3 is 0.890 bits per heavy atom. The number of morpholine rings is 2. The minimum Gasteiger partial charge on any atom is -0.451 e. The molecule has 0 N–H and O–H groups in total. The van der Waals surface area contributed by atoms with E-state index in [0.29, 0.717) is 50.6 Å². The molecule has 20 nitrogen and oxygen atoms in total. The van der Waals surface area contributed by atoms with Gasteiger partial charge in [0.25, 0.3) is 23.6 Å². The van der Waals surface area contributed by atoms with Gasteiger partial charge in [-0.2, -0.15) is 0 Å². The summed E-state index contributed by atoms with van der Waals surface area (Å²) in [5.74, 6) is -7.24. The molecule has 0 aliphatic carbocycles. The van der Waals surface area contributed by atoms with E-state index in [1.807, 2.05) is 104 Å². The number of hydrogen-bond donors (Lipinski definition) is 0. The monoisotopic (exact) mass is 1150 g/mol. The molecule has 5 rings (SSSR count). The summed E-state index contributed by atoms with van der Waals surface area (Å²) < 4.78 is 35.3. The molecule has 0 saturated carbocycles. The molecule has 82 heavy (non-hydrogen) atoms. The van der Waals surface area contributed by atoms with Gasteiger partial charge in [-0.1, -0.05) is 104 Å². The predicted octanol–water partition coefficient (Wildman–Crippen LogP) is 5.33. The van der Waals surface area contributed by atoms with E-state index in [1.54, 1.807) is 0 Å². The van der Waals surface area contributed by atoms with E-state index >= 15 is 9.59 Å². The number of likely N-dealkylation sites (N-methyl/N-ethyl adjacent to an activating group) is 4. The van der Waals surface area contributed by atoms with Crippen LogP contribution in [0.1, 0.15) is 117 Å². The van der Waals surface area contributed by atoms with Crippen LogP contribution in [0.2, 0.25) is 0 Å². The first kappa shape index (κ1) is 66.8. The average molecular weight is 1150 g/mol. The molecular formula is C62H94N6O14. The lowest BCUT2D eigenvalue weighted by Gasteiger charge is -2.35. The van der Waals surface area contributed by atoms with E-state index < -0.39 is 96.1 Å². The second kappa shape index (κ2) is 31.6. The molecule has 3 aliphatic rings. The lowest BCUT2D eigenvalue weighted by atomic mass is 9.99. The van der Waals surface area contributed by atoms with Gasteiger partial charge in [-0.15, -0.1) is 0 Å². The third-order valence-electron chi connectivity index (χ3n) is 15.4. The lowest BCUT2D eigenvalue weighted by Crippen LogP contribution is -2.55. The van der Waals surface area contributed by atoms with Crippen molar-refractivity contribution in [3.8, 4) is 0 Å². The Morgan fingerprint density at radius 1 is 0.378 bits per heavy atom. The molecule has 0 radical (unpaired) electrons. The quantitative estimate of drug-likeness (QED) is 0.154. The van der Waals surface area contributed by atoms with Crippen LogP contribution in [0.4, 0.5) is 0 Å². The van der Waals surface area contributed by atoms with Gasteiger partial charge in [0.1, 0.15) is 24.2 Å². The molecule has 1 unspecified atom stereocenters. The number of benzene rings is 2. The zero-order valence-corrected chi connectivity index (χ0v) is 51.3. The summed E-state index contributed by atoms with van der Waals surface area (Å²) in [4.78, 5) is 127. The summed E-state index contributed by atoms with van der Waals surface area (Å²) in [6.45, 7) is 24.8. The average Bonchev–Trinajstić information content (AvgIpc) is 3.49. The smallest absolute Gasteiger partial charge is 0.329 e. The standard InChI is InChI=1S/C62H94N6O14/c1-39(2)31-49-59(73)79-43(9)55(69)63(11)52(34-42(7)8)62(76)82-54(36-46-17-21-48(22-18-46)38-68-25-29-78-30-26-68)58(72)66(14)50(32-40(3)4)60(74)80-44(10)56(70)64(12)51(33-41(5)6)61(75)81-53(57(71)65(49)13)35-45-15-19-47(20-16-45)37-67-23-27-77-28-24-67/h15-22,39-44,49-54H,23-38H2,1-14H3/t43-,44?,49+,50+,51+,52+,53-,54-/m1/s1. The fraction of sp³-hybridized carbons (Fsp3) is 0.677. The van der Waals surface area contributed by atoms with Crippen LogP contribution in [0.3, 0.4) is 0 Å². The Labute approximate surface area is 486 Å². The normalized spacial score (nSPS) is 25.7. The number of amides is 4. The van der Waals surface area contributed by atoms with Crippen LogP contribution in [0.5, 0.6) is 0 Å². The highest BCUT2D eigenvalue weighted by Crippen LogP contribution is 2.25. The number of esters is 4. The summed E-state index contributed by atoms with van der Waals surface area (Å²) in [6, 6.07) is 10.1. The Bertz CT molecular complexity index is 2260. The Kier molecular flexibility index (Phi) is 25.8. The van der Waals surface area contributed by atoms with Gasteiger partial charge < -0.3 is 48.0 Å². The minimum atomic E-state index is -1.51. The van der Waals surface area contributed by atoms with E-state index in [0.717, 1.165) is 47.1 Å². The lowest BCUT2D eigenvalue weighted by molar-refractivity contribution is -0.176. The largest absolute Gasteiger partial charge is 0.451 e. The molecule has 3 saturated heterocycles. The summed E-state index contributed by atoms with van der Waals surface area (Å²) in [7, 11) is 5.63. The van der Waals surface area contributed by atoms with Gasteiger partial charge in [-0.3, -0.25) is 29.0 Å². The number of hydrogen-bond acceptors (Lipinski definition) is 16. The van der Waals surface area contributed by atoms with E-state index in [4.69, 9.17) is 28.4 Å². The predicted molar refractivity (Wildman–Crippen MR) is 307 cm³/mol. The molecule has 3 heterocycles. The van der Waals surface area contributed by atoms with Crippen molar-refractivity contribution in [1.29, 1.82) is 0 Å². The molecule has 2 aromatic rings. The van der Waals surface area contributed by atoms with Crippen molar-refractivity contribution in [2.75, 3.05) is 80.8 Å². The third kappa shape index (κ3) is 19.6. The van der Waals surface area contributed by atoms with Crippen LogP contribution in [0.15, 0.2) is 48.5 Å². The van der Waals surface area contributed by atoms with Gasteiger partial charge in [0.15, 0.2) is 24.4 Å². The van der Waals surface area contributed by atoms with Crippen LogP contribution in [-0.4, -0.2) is 206 Å². The van der Waals surface area contributed by atoms with Gasteiger partial charge in [0.2, 0.25) is 0 Å². The van der Waals surface area contributed by atoms with Crippen molar-refractivity contribution >= 4 is 47.5 Å². The van der Waals surface area contributed by atoms with Crippen molar-refractivity contribution < 1.29 is 66.8 Å². The molecule has 0 bridgehead atoms. The Balaban J connectivity index is 1.57. The van der Waals surface area contributed by atoms with Gasteiger partial charge in [0.05, 0.1) is 26.4 Å². The van der Waals surface area contributed by atoms with Crippen LogP contribution in [0, 0.1) is 23.7 Å². The maximum Gasteiger partial charge on any atom is 0.329 e. The highest BCUT2D eigenvalue weighted by Gasteiger charge is 2.43. The van der Waals surface area contributed by atoms with E-state index in [2.05, 4.69) is 9.80 Å². The topological polar surface area (TPSA) is 211 Å². The van der Waals surface area contributed by atoms with Crippen LogP contribution in [-0.2, 0) is 92.7 Å². The highest BCUT2D eigenvalue weighted by atomic mass is 16.6. The molecule has 4 amide bonds. The summed E-state index contributed by atoms with van der Waals surface area (Å²) in [5, 5.41) is 0. The van der Waals surface area contributed by atoms with Crippen molar-refractivity contribution in [3.05, 3.63) is 70.8 Å². The van der Waals surface area contributed by atoms with E-state index in [1.165, 1.54) is 51.8 Å². The zero-order chi connectivity index (χ0) is 60.5. The summed E-state index contributed by atoms with van der Waals surface area (Å²) in [5.41, 5.74) is 3.37. The fourth-order valence-corrected chi connectivity index (χ4v) is 10.5. The van der Waals surface area contributed by atoms with Gasteiger partial charge in [-0.05, 0) is 85.5 Å². The molecule has 3 fully saturated rings. The number of carbonyl (C=O) groups excluding carboxylic acids is 8. The second-order valence-electron chi connectivity index (χ2n) is 24.2. The Hall–Kier alpha value is -5.96. The van der Waals surface area contributed by atoms with Crippen LogP contribution < -0.4 is 0 Å². The SMILES string of the molecule is CC(C)C[C@H]1C(=O)O[C@H](Cc2ccc(CN3CCOCC3)cc2)C(=O)N(C)[C@@H](CC(C)C)C(=O)O[C@H](C)C(=O)N(C)[C@@H](CC(C)C)C(=O)O[C@H](Cc2ccc(CN3CCOCC3)cc2)C(=O)N(C)[C@@H](CC(C)C)C(=O)OC(C)C(=O)N1C. The molecule has 0 spiro atoms. The van der Waals surface area contributed by atoms with Crippen molar-refractivity contribution in [2.45, 2.75) is 169 Å². The number of ether oxygens (including phenoxy) is 6. The summed E-state index contributed by atoms with van der Waals surface area (Å²) in [6.07, 6.45) is -5.77. The molecule has 456 valence electrons. The van der Waals surface area contributed by atoms with Crippen LogP contribution >= 0.6 is 0 Å². The first-order valence-corrected chi connectivity index (χ1v) is 29.4. The Morgan fingerprint density at radius 2 is 0.622 bits per heavy atom. The molecule has 0 aromatic heterocycles. The maximum absolute atomic E-state index is 15.0. The first-order valence-electron chi connectivity index (χ1n) is 29.4. The highest BCUT2D eigenvalue weighted by molar-refractivity contribution is 5.94. The van der Waals surface area contributed by atoms with E-state index in [9.17, 15) is 28.8 Å². The van der Waals surface area contributed by atoms with Gasteiger partial charge in [0, 0.05) is 80.3 Å².